The van der Waals surface area contributed by atoms with E-state index in [0.29, 0.717) is 11.3 Å². The van der Waals surface area contributed by atoms with Gasteiger partial charge in [-0.15, -0.1) is 11.8 Å². The van der Waals surface area contributed by atoms with E-state index in [1.54, 1.807) is 0 Å². The molecule has 1 aromatic rings. The van der Waals surface area contributed by atoms with E-state index in [9.17, 15) is 5.11 Å². The summed E-state index contributed by atoms with van der Waals surface area (Å²) >= 11 is 1.85. The summed E-state index contributed by atoms with van der Waals surface area (Å²) in [7, 11) is 0. The van der Waals surface area contributed by atoms with Crippen LogP contribution in [0.5, 0.6) is 0 Å². The maximum atomic E-state index is 9.69. The third-order valence-electron chi connectivity index (χ3n) is 3.54. The molecule has 1 saturated carbocycles. The van der Waals surface area contributed by atoms with Gasteiger partial charge >= 0.3 is 0 Å². The molecule has 1 aliphatic heterocycles. The molecule has 1 fully saturated rings. The number of aliphatic hydroxyl groups is 1. The third kappa shape index (κ3) is 2.26. The number of thioether (sulfide) groups is 1. The number of aliphatic imine (C=N–C) groups is 1. The van der Waals surface area contributed by atoms with Gasteiger partial charge in [-0.3, -0.25) is 4.99 Å². The summed E-state index contributed by atoms with van der Waals surface area (Å²) in [5.74, 6) is 0. The summed E-state index contributed by atoms with van der Waals surface area (Å²) < 4.78 is 0. The van der Waals surface area contributed by atoms with Gasteiger partial charge in [0.1, 0.15) is 0 Å². The maximum absolute atomic E-state index is 9.69. The van der Waals surface area contributed by atoms with E-state index in [1.807, 2.05) is 11.8 Å². The van der Waals surface area contributed by atoms with Gasteiger partial charge in [-0.05, 0) is 32.3 Å². The Morgan fingerprint density at radius 2 is 2.24 bits per heavy atom. The summed E-state index contributed by atoms with van der Waals surface area (Å²) in [5, 5.41) is 11.4. The van der Waals surface area contributed by atoms with Gasteiger partial charge in [-0.2, -0.15) is 0 Å². The molecule has 0 bridgehead atoms. The quantitative estimate of drug-likeness (QED) is 0.827. The van der Waals surface area contributed by atoms with Gasteiger partial charge in [0, 0.05) is 10.8 Å². The Hall–Kier alpha value is -0.800. The average Bonchev–Trinajstić information content (AvgIpc) is 2.72. The van der Waals surface area contributed by atoms with Crippen LogP contribution in [-0.2, 0) is 0 Å². The van der Waals surface area contributed by atoms with Crippen LogP contribution < -0.4 is 0 Å². The number of aryl methyl sites for hydroxylation is 1. The Morgan fingerprint density at radius 1 is 1.35 bits per heavy atom. The number of rotatable bonds is 1. The van der Waals surface area contributed by atoms with Crippen LogP contribution in [0.15, 0.2) is 29.3 Å². The van der Waals surface area contributed by atoms with Crippen LogP contribution in [0.2, 0.25) is 0 Å². The van der Waals surface area contributed by atoms with Crippen molar-refractivity contribution in [2.75, 3.05) is 0 Å². The molecule has 1 aromatic carbocycles. The fourth-order valence-corrected chi connectivity index (χ4v) is 4.03. The van der Waals surface area contributed by atoms with E-state index in [-0.39, 0.29) is 6.10 Å². The van der Waals surface area contributed by atoms with Crippen molar-refractivity contribution in [3.8, 4) is 0 Å². The lowest BCUT2D eigenvalue weighted by molar-refractivity contribution is 0.127. The number of nitrogens with zero attached hydrogens (tertiary/aromatic N) is 1. The fourth-order valence-electron chi connectivity index (χ4n) is 2.61. The van der Waals surface area contributed by atoms with Crippen molar-refractivity contribution >= 4 is 16.8 Å². The van der Waals surface area contributed by atoms with Gasteiger partial charge in [0.25, 0.3) is 0 Å². The van der Waals surface area contributed by atoms with Crippen molar-refractivity contribution in [2.24, 2.45) is 4.99 Å². The molecule has 0 aromatic heterocycles. The second-order valence-electron chi connectivity index (χ2n) is 4.99. The van der Waals surface area contributed by atoms with Gasteiger partial charge in [-0.1, -0.05) is 23.8 Å². The number of benzene rings is 1. The molecule has 0 saturated heterocycles. The van der Waals surface area contributed by atoms with Gasteiger partial charge < -0.3 is 5.11 Å². The Labute approximate surface area is 106 Å². The monoisotopic (exact) mass is 247 g/mol. The molecule has 0 spiro atoms. The molecule has 1 N–H and O–H groups in total. The zero-order valence-electron chi connectivity index (χ0n) is 9.97. The van der Waals surface area contributed by atoms with Crippen LogP contribution in [0, 0.1) is 6.92 Å². The minimum Gasteiger partial charge on any atom is -0.393 e. The molecule has 1 heterocycles. The van der Waals surface area contributed by atoms with E-state index in [1.165, 1.54) is 11.1 Å². The molecule has 3 heteroatoms. The minimum absolute atomic E-state index is 0.115. The lowest BCUT2D eigenvalue weighted by atomic mass is 9.93. The largest absolute Gasteiger partial charge is 0.393 e. The predicted octanol–water partition coefficient (Wildman–Crippen LogP) is 2.77. The van der Waals surface area contributed by atoms with E-state index in [2.05, 4.69) is 31.2 Å². The molecule has 2 nitrogen and oxygen atoms in total. The van der Waals surface area contributed by atoms with Gasteiger partial charge in [-0.25, -0.2) is 0 Å². The molecule has 90 valence electrons. The second kappa shape index (κ2) is 4.46. The molecular formula is C14H17NOS. The Morgan fingerprint density at radius 3 is 3.06 bits per heavy atom. The topological polar surface area (TPSA) is 32.6 Å². The number of hydrogen-bond donors (Lipinski definition) is 1. The van der Waals surface area contributed by atoms with E-state index < -0.39 is 0 Å². The summed E-state index contributed by atoms with van der Waals surface area (Å²) in [5.41, 5.74) is 2.51. The van der Waals surface area contributed by atoms with Crippen LogP contribution in [0.4, 0.5) is 0 Å². The van der Waals surface area contributed by atoms with E-state index >= 15 is 0 Å². The summed E-state index contributed by atoms with van der Waals surface area (Å²) in [6.45, 7) is 2.11. The first-order chi connectivity index (χ1) is 8.22. The Kier molecular flexibility index (Phi) is 2.97. The molecule has 3 atom stereocenters. The second-order valence-corrected chi connectivity index (χ2v) is 6.22. The predicted molar refractivity (Wildman–Crippen MR) is 72.7 cm³/mol. The normalized spacial score (nSPS) is 32.1. The zero-order chi connectivity index (χ0) is 11.8. The van der Waals surface area contributed by atoms with Crippen LogP contribution >= 0.6 is 11.8 Å². The zero-order valence-corrected chi connectivity index (χ0v) is 10.8. The molecule has 3 rings (SSSR count). The highest BCUT2D eigenvalue weighted by molar-refractivity contribution is 8.15. The SMILES string of the molecule is Cc1cccc(C2=NC3CCC(O)CC3S2)c1. The molecule has 2 aliphatic rings. The highest BCUT2D eigenvalue weighted by Gasteiger charge is 2.35. The first-order valence-electron chi connectivity index (χ1n) is 6.22. The van der Waals surface area contributed by atoms with Crippen LogP contribution in [0.3, 0.4) is 0 Å². The lowest BCUT2D eigenvalue weighted by Gasteiger charge is -2.26. The molecule has 0 amide bonds. The first-order valence-corrected chi connectivity index (χ1v) is 7.10. The highest BCUT2D eigenvalue weighted by Crippen LogP contribution is 2.39. The van der Waals surface area contributed by atoms with Gasteiger partial charge in [0.15, 0.2) is 0 Å². The van der Waals surface area contributed by atoms with Crippen molar-refractivity contribution in [1.82, 2.24) is 0 Å². The van der Waals surface area contributed by atoms with Crippen LogP contribution in [0.1, 0.15) is 30.4 Å². The number of fused-ring (bicyclic) bond motifs is 1. The molecule has 1 aliphatic carbocycles. The average molecular weight is 247 g/mol. The molecule has 17 heavy (non-hydrogen) atoms. The van der Waals surface area contributed by atoms with Crippen LogP contribution in [0.25, 0.3) is 0 Å². The Bertz CT molecular complexity index is 457. The standard InChI is InChI=1S/C14H17NOS/c1-9-3-2-4-10(7-9)14-15-12-6-5-11(16)8-13(12)17-14/h2-4,7,11-13,16H,5-6,8H2,1H3. The summed E-state index contributed by atoms with van der Waals surface area (Å²) in [6.07, 6.45) is 2.73. The van der Waals surface area contributed by atoms with Crippen molar-refractivity contribution < 1.29 is 5.11 Å². The third-order valence-corrected chi connectivity index (χ3v) is 4.91. The number of hydrogen-bond acceptors (Lipinski definition) is 3. The Balaban J connectivity index is 1.82. The number of aliphatic hydroxyl groups excluding tert-OH is 1. The smallest absolute Gasteiger partial charge is 0.0984 e. The van der Waals surface area contributed by atoms with Crippen molar-refractivity contribution in [2.45, 2.75) is 43.6 Å². The van der Waals surface area contributed by atoms with Crippen molar-refractivity contribution in [3.63, 3.8) is 0 Å². The lowest BCUT2D eigenvalue weighted by Crippen LogP contribution is -2.30. The van der Waals surface area contributed by atoms with Crippen molar-refractivity contribution in [3.05, 3.63) is 35.4 Å². The fraction of sp³-hybridized carbons (Fsp3) is 0.500. The maximum Gasteiger partial charge on any atom is 0.0984 e. The van der Waals surface area contributed by atoms with Crippen LogP contribution in [-0.4, -0.2) is 27.5 Å². The minimum atomic E-state index is -0.115. The van der Waals surface area contributed by atoms with E-state index in [0.717, 1.165) is 24.3 Å². The van der Waals surface area contributed by atoms with Gasteiger partial charge in [0.05, 0.1) is 17.2 Å². The summed E-state index contributed by atoms with van der Waals surface area (Å²) in [4.78, 5) is 4.82. The molecule has 3 unspecified atom stereocenters. The van der Waals surface area contributed by atoms with Crippen molar-refractivity contribution in [1.29, 1.82) is 0 Å². The molecular weight excluding hydrogens is 230 g/mol. The first kappa shape index (κ1) is 11.3. The highest BCUT2D eigenvalue weighted by atomic mass is 32.2. The van der Waals surface area contributed by atoms with Gasteiger partial charge in [0.2, 0.25) is 0 Å². The molecule has 0 radical (unpaired) electrons. The summed E-state index contributed by atoms with van der Waals surface area (Å²) in [6, 6.07) is 8.95. The van der Waals surface area contributed by atoms with E-state index in [4.69, 9.17) is 4.99 Å².